The van der Waals surface area contributed by atoms with Crippen molar-refractivity contribution in [2.24, 2.45) is 0 Å². The average molecular weight is 147 g/mol. The van der Waals surface area contributed by atoms with Crippen LogP contribution in [0, 0.1) is 11.8 Å². The molecule has 0 atom stereocenters. The molecule has 0 fully saturated rings. The molecule has 1 aromatic carbocycles. The number of hydrogen-bond acceptors (Lipinski definition) is 2. The fraction of sp³-hybridized carbons (Fsp3) is 0.111. The molecular formula is C9H9NO. The second-order valence-electron chi connectivity index (χ2n) is 2.15. The van der Waals surface area contributed by atoms with E-state index in [1.807, 2.05) is 0 Å². The molecule has 11 heavy (non-hydrogen) atoms. The highest BCUT2D eigenvalue weighted by Gasteiger charge is 1.94. The molecule has 0 radical (unpaired) electrons. The average Bonchev–Trinajstić information content (AvgIpc) is 1.98. The lowest BCUT2D eigenvalue weighted by atomic mass is 10.2. The van der Waals surface area contributed by atoms with Crippen LogP contribution >= 0.6 is 0 Å². The summed E-state index contributed by atoms with van der Waals surface area (Å²) in [6, 6.07) is 4.91. The van der Waals surface area contributed by atoms with Gasteiger partial charge in [-0.1, -0.05) is 5.92 Å². The zero-order valence-electron chi connectivity index (χ0n) is 6.26. The highest BCUT2D eigenvalue weighted by atomic mass is 16.3. The second-order valence-corrected chi connectivity index (χ2v) is 2.15. The van der Waals surface area contributed by atoms with Crippen molar-refractivity contribution < 1.29 is 5.11 Å². The van der Waals surface area contributed by atoms with Crippen molar-refractivity contribution in [1.82, 2.24) is 0 Å². The van der Waals surface area contributed by atoms with Crippen molar-refractivity contribution in [3.8, 4) is 17.6 Å². The van der Waals surface area contributed by atoms with E-state index in [4.69, 9.17) is 10.8 Å². The summed E-state index contributed by atoms with van der Waals surface area (Å²) in [4.78, 5) is 0. The predicted octanol–water partition coefficient (Wildman–Crippen LogP) is 1.35. The van der Waals surface area contributed by atoms with E-state index in [1.54, 1.807) is 19.1 Å². The van der Waals surface area contributed by atoms with Gasteiger partial charge in [0.15, 0.2) is 0 Å². The van der Waals surface area contributed by atoms with Crippen LogP contribution in [-0.4, -0.2) is 5.11 Å². The molecule has 0 saturated heterocycles. The minimum atomic E-state index is 0.103. The molecule has 3 N–H and O–H groups in total. The van der Waals surface area contributed by atoms with E-state index in [1.165, 1.54) is 6.07 Å². The number of phenols is 1. The second kappa shape index (κ2) is 2.98. The minimum Gasteiger partial charge on any atom is -0.506 e. The standard InChI is InChI=1S/C9H9NO/c1-2-3-7-4-5-9(11)8(10)6-7/h4-6,11H,10H2,1H3. The maximum Gasteiger partial charge on any atom is 0.138 e. The first-order valence-corrected chi connectivity index (χ1v) is 3.25. The highest BCUT2D eigenvalue weighted by Crippen LogP contribution is 2.19. The maximum absolute atomic E-state index is 9.04. The molecule has 0 heterocycles. The Hall–Kier alpha value is -1.62. The van der Waals surface area contributed by atoms with Crippen molar-refractivity contribution in [2.45, 2.75) is 6.92 Å². The minimum absolute atomic E-state index is 0.103. The number of hydrogen-bond donors (Lipinski definition) is 2. The molecule has 0 saturated carbocycles. The first-order chi connectivity index (χ1) is 5.24. The maximum atomic E-state index is 9.04. The van der Waals surface area contributed by atoms with E-state index in [-0.39, 0.29) is 5.75 Å². The van der Waals surface area contributed by atoms with Gasteiger partial charge in [-0.2, -0.15) is 0 Å². The van der Waals surface area contributed by atoms with Gasteiger partial charge in [-0.3, -0.25) is 0 Å². The number of phenolic OH excluding ortho intramolecular Hbond substituents is 1. The molecule has 0 spiro atoms. The van der Waals surface area contributed by atoms with Gasteiger partial charge in [0.2, 0.25) is 0 Å². The van der Waals surface area contributed by atoms with E-state index in [0.29, 0.717) is 5.69 Å². The monoisotopic (exact) mass is 147 g/mol. The van der Waals surface area contributed by atoms with Gasteiger partial charge >= 0.3 is 0 Å². The molecule has 56 valence electrons. The van der Waals surface area contributed by atoms with Gasteiger partial charge in [-0.15, -0.1) is 5.92 Å². The van der Waals surface area contributed by atoms with Crippen LogP contribution in [0.25, 0.3) is 0 Å². The summed E-state index contributed by atoms with van der Waals surface area (Å²) in [7, 11) is 0. The third-order valence-electron chi connectivity index (χ3n) is 1.30. The molecule has 0 bridgehead atoms. The zero-order chi connectivity index (χ0) is 8.27. The normalized spacial score (nSPS) is 8.45. The Morgan fingerprint density at radius 3 is 2.73 bits per heavy atom. The number of rotatable bonds is 0. The SMILES string of the molecule is CC#Cc1ccc(O)c(N)c1. The summed E-state index contributed by atoms with van der Waals surface area (Å²) >= 11 is 0. The fourth-order valence-corrected chi connectivity index (χ4v) is 0.777. The Bertz CT molecular complexity index is 320. The van der Waals surface area contributed by atoms with Gasteiger partial charge in [0, 0.05) is 5.56 Å². The Morgan fingerprint density at radius 1 is 1.45 bits per heavy atom. The Morgan fingerprint density at radius 2 is 2.18 bits per heavy atom. The summed E-state index contributed by atoms with van der Waals surface area (Å²) in [5.41, 5.74) is 6.62. The van der Waals surface area contributed by atoms with Crippen LogP contribution in [0.1, 0.15) is 12.5 Å². The van der Waals surface area contributed by atoms with E-state index in [9.17, 15) is 0 Å². The number of aromatic hydroxyl groups is 1. The Kier molecular flexibility index (Phi) is 2.03. The first kappa shape index (κ1) is 7.49. The van der Waals surface area contributed by atoms with E-state index < -0.39 is 0 Å². The number of nitrogen functional groups attached to an aromatic ring is 1. The van der Waals surface area contributed by atoms with Crippen LogP contribution in [0.5, 0.6) is 5.75 Å². The fourth-order valence-electron chi connectivity index (χ4n) is 0.777. The molecule has 1 aromatic rings. The highest BCUT2D eigenvalue weighted by molar-refractivity contribution is 5.56. The largest absolute Gasteiger partial charge is 0.506 e. The van der Waals surface area contributed by atoms with Gasteiger partial charge in [-0.05, 0) is 25.1 Å². The number of benzene rings is 1. The van der Waals surface area contributed by atoms with E-state index >= 15 is 0 Å². The molecule has 0 aromatic heterocycles. The lowest BCUT2D eigenvalue weighted by Crippen LogP contribution is -1.85. The molecule has 0 aliphatic carbocycles. The van der Waals surface area contributed by atoms with Gasteiger partial charge in [0.05, 0.1) is 5.69 Å². The Labute approximate surface area is 65.7 Å². The zero-order valence-corrected chi connectivity index (χ0v) is 6.26. The van der Waals surface area contributed by atoms with Gasteiger partial charge < -0.3 is 10.8 Å². The topological polar surface area (TPSA) is 46.2 Å². The lowest BCUT2D eigenvalue weighted by Gasteiger charge is -1.97. The first-order valence-electron chi connectivity index (χ1n) is 3.25. The van der Waals surface area contributed by atoms with Gasteiger partial charge in [0.25, 0.3) is 0 Å². The van der Waals surface area contributed by atoms with Crippen LogP contribution in [0.3, 0.4) is 0 Å². The van der Waals surface area contributed by atoms with Crippen molar-refractivity contribution in [3.63, 3.8) is 0 Å². The van der Waals surface area contributed by atoms with Crippen molar-refractivity contribution in [3.05, 3.63) is 23.8 Å². The molecule has 2 nitrogen and oxygen atoms in total. The number of anilines is 1. The van der Waals surface area contributed by atoms with Gasteiger partial charge in [0.1, 0.15) is 5.75 Å². The van der Waals surface area contributed by atoms with Crippen LogP contribution in [-0.2, 0) is 0 Å². The van der Waals surface area contributed by atoms with Crippen LogP contribution in [0.4, 0.5) is 5.69 Å². The third kappa shape index (κ3) is 1.65. The van der Waals surface area contributed by atoms with Crippen LogP contribution < -0.4 is 5.73 Å². The van der Waals surface area contributed by atoms with Crippen molar-refractivity contribution in [1.29, 1.82) is 0 Å². The van der Waals surface area contributed by atoms with E-state index in [0.717, 1.165) is 5.56 Å². The smallest absolute Gasteiger partial charge is 0.138 e. The van der Waals surface area contributed by atoms with Crippen molar-refractivity contribution in [2.75, 3.05) is 5.73 Å². The lowest BCUT2D eigenvalue weighted by molar-refractivity contribution is 0.478. The molecule has 0 amide bonds. The molecule has 0 aliphatic rings. The summed E-state index contributed by atoms with van der Waals surface area (Å²) in [6.45, 7) is 1.75. The third-order valence-corrected chi connectivity index (χ3v) is 1.30. The molecule has 0 unspecified atom stereocenters. The quantitative estimate of drug-likeness (QED) is 0.330. The van der Waals surface area contributed by atoms with Crippen LogP contribution in [0.2, 0.25) is 0 Å². The summed E-state index contributed by atoms with van der Waals surface area (Å²) in [5.74, 6) is 5.68. The molecular weight excluding hydrogens is 138 g/mol. The number of nitrogens with two attached hydrogens (primary N) is 1. The summed E-state index contributed by atoms with van der Waals surface area (Å²) in [6.07, 6.45) is 0. The van der Waals surface area contributed by atoms with Crippen molar-refractivity contribution >= 4 is 5.69 Å². The molecule has 0 aliphatic heterocycles. The molecule has 2 heteroatoms. The van der Waals surface area contributed by atoms with E-state index in [2.05, 4.69) is 11.8 Å². The summed E-state index contributed by atoms with van der Waals surface area (Å²) < 4.78 is 0. The molecule has 1 rings (SSSR count). The van der Waals surface area contributed by atoms with Gasteiger partial charge in [-0.25, -0.2) is 0 Å². The van der Waals surface area contributed by atoms with Crippen LogP contribution in [0.15, 0.2) is 18.2 Å². The summed E-state index contributed by atoms with van der Waals surface area (Å²) in [5, 5.41) is 9.04. The Balaban J connectivity index is 3.12. The predicted molar refractivity (Wildman–Crippen MR) is 45.1 cm³/mol.